The van der Waals surface area contributed by atoms with Crippen molar-refractivity contribution in [3.63, 3.8) is 0 Å². The van der Waals surface area contributed by atoms with Crippen LogP contribution in [-0.2, 0) is 42.8 Å². The first-order valence-corrected chi connectivity index (χ1v) is 22.8. The number of ether oxygens (including phenoxy) is 6. The molecule has 3 N–H and O–H groups in total. The van der Waals surface area contributed by atoms with E-state index in [2.05, 4.69) is 15.0 Å². The second-order valence-electron chi connectivity index (χ2n) is 17.9. The van der Waals surface area contributed by atoms with Gasteiger partial charge in [-0.3, -0.25) is 14.4 Å². The van der Waals surface area contributed by atoms with E-state index in [0.717, 1.165) is 0 Å². The molecule has 3 aromatic heterocycles. The molecule has 13 atom stereocenters. The molecule has 0 fully saturated rings. The highest BCUT2D eigenvalue weighted by Gasteiger charge is 2.36. The molecule has 1 aliphatic heterocycles. The Labute approximate surface area is 393 Å². The van der Waals surface area contributed by atoms with Gasteiger partial charge in [-0.25, -0.2) is 19.7 Å². The Balaban J connectivity index is 1.60. The van der Waals surface area contributed by atoms with Gasteiger partial charge in [0.05, 0.1) is 30.8 Å². The van der Waals surface area contributed by atoms with Crippen LogP contribution in [0.3, 0.4) is 0 Å². The second-order valence-corrected chi connectivity index (χ2v) is 17.9. The van der Waals surface area contributed by atoms with E-state index in [1.165, 1.54) is 30.8 Å². The molecule has 19 nitrogen and oxygen atoms in total. The molecule has 372 valence electrons. The van der Waals surface area contributed by atoms with E-state index in [9.17, 15) is 24.3 Å². The minimum atomic E-state index is -1.05. The van der Waals surface area contributed by atoms with Crippen molar-refractivity contribution in [3.8, 4) is 23.2 Å². The molecule has 19 heteroatoms. The number of amides is 2. The van der Waals surface area contributed by atoms with Crippen LogP contribution >= 0.6 is 0 Å². The van der Waals surface area contributed by atoms with Crippen molar-refractivity contribution < 1.29 is 66.0 Å². The van der Waals surface area contributed by atoms with Crippen LogP contribution in [0.25, 0.3) is 29.2 Å². The first-order valence-electron chi connectivity index (χ1n) is 22.8. The van der Waals surface area contributed by atoms with Gasteiger partial charge in [0.2, 0.25) is 24.1 Å². The van der Waals surface area contributed by atoms with Gasteiger partial charge in [-0.05, 0) is 43.6 Å². The molecule has 0 radical (unpaired) electrons. The fourth-order valence-corrected chi connectivity index (χ4v) is 8.69. The number of cyclic esters (lactones) is 1. The highest BCUT2D eigenvalue weighted by Crippen LogP contribution is 2.34. The van der Waals surface area contributed by atoms with Gasteiger partial charge in [0, 0.05) is 78.2 Å². The molecule has 0 aromatic carbocycles. The van der Waals surface area contributed by atoms with Crippen molar-refractivity contribution in [3.05, 3.63) is 48.7 Å². The number of primary amides is 1. The number of oxazole rings is 3. The Hall–Kier alpha value is -5.21. The largest absolute Gasteiger partial charge is 0.462 e. The molecule has 67 heavy (non-hydrogen) atoms. The molecule has 6 bridgehead atoms. The van der Waals surface area contributed by atoms with Crippen LogP contribution in [0.15, 0.2) is 50.4 Å². The molecule has 0 saturated carbocycles. The number of nitrogens with zero attached hydrogens (tertiary/aromatic N) is 4. The number of methoxy groups -OCH3 is 4. The van der Waals surface area contributed by atoms with Gasteiger partial charge in [-0.1, -0.05) is 53.7 Å². The number of fused-ring (bicyclic) bond motifs is 8. The maximum atomic E-state index is 14.0. The Bertz CT molecular complexity index is 2060. The first-order chi connectivity index (χ1) is 31.9. The number of hydrogen-bond acceptors (Lipinski definition) is 17. The number of aliphatic hydroxyl groups excluding tert-OH is 1. The molecule has 0 saturated heterocycles. The average Bonchev–Trinajstić information content (AvgIpc) is 4.09. The van der Waals surface area contributed by atoms with Crippen LogP contribution in [0, 0.1) is 35.5 Å². The van der Waals surface area contributed by atoms with Crippen molar-refractivity contribution in [1.29, 1.82) is 0 Å². The quantitative estimate of drug-likeness (QED) is 0.100. The van der Waals surface area contributed by atoms with Gasteiger partial charge in [-0.2, -0.15) is 0 Å². The molecule has 0 unspecified atom stereocenters. The Kier molecular flexibility index (Phi) is 21.4. The van der Waals surface area contributed by atoms with Crippen LogP contribution in [0.4, 0.5) is 4.79 Å². The lowest BCUT2D eigenvalue weighted by molar-refractivity contribution is -0.160. The topological polar surface area (TPSA) is 251 Å². The first kappa shape index (κ1) is 54.4. The van der Waals surface area contributed by atoms with Crippen molar-refractivity contribution in [1.82, 2.24) is 19.9 Å². The molecule has 0 aliphatic carbocycles. The minimum absolute atomic E-state index is 0.0194. The van der Waals surface area contributed by atoms with Crippen molar-refractivity contribution in [2.75, 3.05) is 35.5 Å². The molecule has 1 aliphatic rings. The third kappa shape index (κ3) is 15.7. The average molecular weight is 942 g/mol. The Morgan fingerprint density at radius 2 is 1.63 bits per heavy atom. The lowest BCUT2D eigenvalue weighted by atomic mass is 9.84. The molecule has 2 amide bonds. The van der Waals surface area contributed by atoms with Crippen molar-refractivity contribution in [2.45, 2.75) is 129 Å². The van der Waals surface area contributed by atoms with Crippen molar-refractivity contribution >= 4 is 30.3 Å². The third-order valence-electron chi connectivity index (χ3n) is 12.8. The predicted molar refractivity (Wildman–Crippen MR) is 244 cm³/mol. The fourth-order valence-electron chi connectivity index (χ4n) is 8.69. The zero-order chi connectivity index (χ0) is 49.4. The van der Waals surface area contributed by atoms with Gasteiger partial charge < -0.3 is 57.4 Å². The van der Waals surface area contributed by atoms with Gasteiger partial charge in [0.25, 0.3) is 0 Å². The number of carbonyl (C=O) groups is 4. The summed E-state index contributed by atoms with van der Waals surface area (Å²) in [6, 6.07) is 0. The van der Waals surface area contributed by atoms with Crippen LogP contribution in [0.2, 0.25) is 0 Å². The lowest BCUT2D eigenvalue weighted by Crippen LogP contribution is -2.39. The van der Waals surface area contributed by atoms with Gasteiger partial charge >= 0.3 is 12.1 Å². The maximum absolute atomic E-state index is 14.0. The Morgan fingerprint density at radius 1 is 0.940 bits per heavy atom. The second kappa shape index (κ2) is 26.4. The summed E-state index contributed by atoms with van der Waals surface area (Å²) in [6.45, 7) is 11.4. The highest BCUT2D eigenvalue weighted by molar-refractivity contribution is 5.81. The number of aliphatic hydroxyl groups is 1. The molecule has 4 heterocycles. The molecule has 0 spiro atoms. The summed E-state index contributed by atoms with van der Waals surface area (Å²) in [7, 11) is 7.86. The van der Waals surface area contributed by atoms with Crippen LogP contribution < -0.4 is 5.73 Å². The van der Waals surface area contributed by atoms with E-state index in [0.29, 0.717) is 36.3 Å². The van der Waals surface area contributed by atoms with Crippen LogP contribution in [-0.4, -0.2) is 121 Å². The van der Waals surface area contributed by atoms with E-state index in [1.807, 2.05) is 53.7 Å². The van der Waals surface area contributed by atoms with E-state index in [-0.39, 0.29) is 73.3 Å². The lowest BCUT2D eigenvalue weighted by Gasteiger charge is -2.34. The summed E-state index contributed by atoms with van der Waals surface area (Å²) in [5.74, 6) is -1.84. The summed E-state index contributed by atoms with van der Waals surface area (Å²) in [4.78, 5) is 65.7. The zero-order valence-corrected chi connectivity index (χ0v) is 40.7. The fraction of sp³-hybridized carbons (Fsp3) is 0.646. The van der Waals surface area contributed by atoms with Gasteiger partial charge in [-0.15, -0.1) is 0 Å². The molecular formula is C48H71N5O14. The number of Topliss-reactive ketones (excluding diaryl/α,β-unsaturated/α-hetero) is 1. The van der Waals surface area contributed by atoms with E-state index >= 15 is 0 Å². The third-order valence-corrected chi connectivity index (χ3v) is 12.8. The number of nitrogens with two attached hydrogens (primary N) is 1. The smallest absolute Gasteiger partial charge is 0.404 e. The number of rotatable bonds is 17. The minimum Gasteiger partial charge on any atom is -0.462 e. The SMILES string of the molecule is CO[C@H]([C@H](C)/C=C/N(C)C=O)[C@@H](C)C(=O)CC[C@H](C)[C@H](C[C@@H]1OC(=O)C[C@@H](OC(N)=O)C[C@H](C)C[C@@H](O)[C@H](C)[C@@H](OC)c2coc(n2)-c2coc(n2)-c2coc(n2)C=CC[C@H](OC)[C@H]1C)OC. The van der Waals surface area contributed by atoms with Crippen LogP contribution in [0.5, 0.6) is 0 Å². The molecule has 4 rings (SSSR count). The molecule has 3 aromatic rings. The summed E-state index contributed by atoms with van der Waals surface area (Å²) in [6.07, 6.45) is 7.75. The maximum Gasteiger partial charge on any atom is 0.404 e. The van der Waals surface area contributed by atoms with Crippen LogP contribution in [0.1, 0.15) is 104 Å². The normalized spacial score (nSPS) is 25.8. The van der Waals surface area contributed by atoms with Crippen molar-refractivity contribution in [2.24, 2.45) is 41.2 Å². The molecular weight excluding hydrogens is 871 g/mol. The highest BCUT2D eigenvalue weighted by atomic mass is 16.6. The monoisotopic (exact) mass is 941 g/mol. The standard InChI is InChI=1S/C48H71N5O14/c1-27-19-33(66-48(49)58)21-43(57)67-41(22-40(60-9)28(2)15-16-37(55)30(4)44(61-10)29(3)17-18-53(7)26-54)32(6)39(59-8)13-12-14-42-50-35(24-63-42)46-52-36(25-65-46)47-51-34(23-64-47)45(62-11)31(5)38(56)20-27/h12,14,17-18,23-33,38-41,44-45,56H,13,15-16,19-22H2,1-11H3,(H2,49,58)/b14-12?,18-17+/t27-,28-,29+,30-,31-,32+,33-,38+,39-,40-,41-,44+,45+/m0/s1. The van der Waals surface area contributed by atoms with E-state index < -0.39 is 72.5 Å². The van der Waals surface area contributed by atoms with Gasteiger partial charge in [0.15, 0.2) is 11.4 Å². The number of hydrogen-bond donors (Lipinski definition) is 2. The van der Waals surface area contributed by atoms with E-state index in [1.54, 1.807) is 40.7 Å². The van der Waals surface area contributed by atoms with E-state index in [4.69, 9.17) is 47.4 Å². The number of ketones is 1. The predicted octanol–water partition coefficient (Wildman–Crippen LogP) is 7.20. The summed E-state index contributed by atoms with van der Waals surface area (Å²) in [5.41, 5.74) is 6.58. The Morgan fingerprint density at radius 3 is 2.28 bits per heavy atom. The summed E-state index contributed by atoms with van der Waals surface area (Å²) in [5, 5.41) is 11.4. The van der Waals surface area contributed by atoms with Gasteiger partial charge in [0.1, 0.15) is 48.6 Å². The summed E-state index contributed by atoms with van der Waals surface area (Å²) >= 11 is 0. The zero-order valence-electron chi connectivity index (χ0n) is 40.7. The summed E-state index contributed by atoms with van der Waals surface area (Å²) < 4.78 is 52.4. The number of esters is 1. The number of carbonyl (C=O) groups excluding carboxylic acids is 4. The number of aromatic nitrogens is 3.